The number of hydrogen-bond donors (Lipinski definition) is 1. The van der Waals surface area contributed by atoms with Crippen molar-refractivity contribution in [2.24, 2.45) is 5.92 Å². The molecule has 0 amide bonds. The van der Waals surface area contributed by atoms with Gasteiger partial charge in [-0.15, -0.1) is 0 Å². The molecule has 1 N–H and O–H groups in total. The summed E-state index contributed by atoms with van der Waals surface area (Å²) in [5.74, 6) is 0.750. The van der Waals surface area contributed by atoms with Crippen LogP contribution in [0.5, 0.6) is 0 Å². The second-order valence-corrected chi connectivity index (χ2v) is 7.54. The highest BCUT2D eigenvalue weighted by Gasteiger charge is 2.35. The molecule has 5 nitrogen and oxygen atoms in total. The van der Waals surface area contributed by atoms with Crippen LogP contribution in [-0.2, 0) is 19.3 Å². The SMILES string of the molecule is CC1OCCC1S(=O)(=O)CCNCC1CCOC1. The summed E-state index contributed by atoms with van der Waals surface area (Å²) < 4.78 is 34.8. The largest absolute Gasteiger partial charge is 0.381 e. The quantitative estimate of drug-likeness (QED) is 0.703. The smallest absolute Gasteiger partial charge is 0.157 e. The number of ether oxygens (including phenoxy) is 2. The molecular formula is C12H23NO4S. The summed E-state index contributed by atoms with van der Waals surface area (Å²) in [4.78, 5) is 0. The van der Waals surface area contributed by atoms with E-state index < -0.39 is 9.84 Å². The molecule has 2 rings (SSSR count). The van der Waals surface area contributed by atoms with Gasteiger partial charge >= 0.3 is 0 Å². The predicted octanol–water partition coefficient (Wildman–Crippen LogP) is 0.205. The minimum atomic E-state index is -3.02. The lowest BCUT2D eigenvalue weighted by atomic mass is 10.1. The summed E-state index contributed by atoms with van der Waals surface area (Å²) in [6, 6.07) is 0. The number of nitrogens with one attached hydrogen (secondary N) is 1. The average molecular weight is 277 g/mol. The van der Waals surface area contributed by atoms with E-state index in [4.69, 9.17) is 9.47 Å². The van der Waals surface area contributed by atoms with Crippen LogP contribution >= 0.6 is 0 Å². The molecule has 3 atom stereocenters. The number of hydrogen-bond acceptors (Lipinski definition) is 5. The summed E-state index contributed by atoms with van der Waals surface area (Å²) >= 11 is 0. The molecule has 0 spiro atoms. The molecular weight excluding hydrogens is 254 g/mol. The fraction of sp³-hybridized carbons (Fsp3) is 1.00. The summed E-state index contributed by atoms with van der Waals surface area (Å²) in [5, 5.41) is 2.91. The van der Waals surface area contributed by atoms with Crippen molar-refractivity contribution in [1.29, 1.82) is 0 Å². The Hall–Kier alpha value is -0.170. The second-order valence-electron chi connectivity index (χ2n) is 5.20. The third kappa shape index (κ3) is 3.66. The first-order chi connectivity index (χ1) is 8.59. The van der Waals surface area contributed by atoms with E-state index in [1.54, 1.807) is 0 Å². The van der Waals surface area contributed by atoms with Gasteiger partial charge in [0.1, 0.15) is 0 Å². The zero-order valence-electron chi connectivity index (χ0n) is 10.9. The first-order valence-electron chi connectivity index (χ1n) is 6.71. The highest BCUT2D eigenvalue weighted by molar-refractivity contribution is 7.92. The number of rotatable bonds is 6. The standard InChI is InChI=1S/C12H23NO4S/c1-10-12(3-6-17-10)18(14,15)7-4-13-8-11-2-5-16-9-11/h10-13H,2-9H2,1H3. The van der Waals surface area contributed by atoms with Crippen molar-refractivity contribution in [1.82, 2.24) is 5.32 Å². The molecule has 2 fully saturated rings. The molecule has 106 valence electrons. The Morgan fingerprint density at radius 2 is 2.11 bits per heavy atom. The molecule has 3 unspecified atom stereocenters. The highest BCUT2D eigenvalue weighted by atomic mass is 32.2. The summed E-state index contributed by atoms with van der Waals surface area (Å²) in [7, 11) is -3.02. The maximum Gasteiger partial charge on any atom is 0.157 e. The van der Waals surface area contributed by atoms with Gasteiger partial charge in [0.25, 0.3) is 0 Å². The summed E-state index contributed by atoms with van der Waals surface area (Å²) in [6.07, 6.45) is 1.56. The Morgan fingerprint density at radius 3 is 2.72 bits per heavy atom. The van der Waals surface area contributed by atoms with Gasteiger partial charge in [0.15, 0.2) is 9.84 Å². The van der Waals surface area contributed by atoms with Gasteiger partial charge in [-0.3, -0.25) is 0 Å². The first-order valence-corrected chi connectivity index (χ1v) is 8.43. The maximum atomic E-state index is 12.1. The Labute approximate surface area is 109 Å². The zero-order valence-corrected chi connectivity index (χ0v) is 11.7. The van der Waals surface area contributed by atoms with Crippen LogP contribution in [0.3, 0.4) is 0 Å². The van der Waals surface area contributed by atoms with E-state index in [1.165, 1.54) is 0 Å². The van der Waals surface area contributed by atoms with Crippen molar-refractivity contribution in [3.63, 3.8) is 0 Å². The lowest BCUT2D eigenvalue weighted by Crippen LogP contribution is -2.35. The van der Waals surface area contributed by atoms with E-state index in [0.717, 1.165) is 26.2 Å². The monoisotopic (exact) mass is 277 g/mol. The zero-order chi connectivity index (χ0) is 13.0. The topological polar surface area (TPSA) is 64.6 Å². The van der Waals surface area contributed by atoms with E-state index in [-0.39, 0.29) is 17.1 Å². The van der Waals surface area contributed by atoms with Crippen LogP contribution in [0.25, 0.3) is 0 Å². The van der Waals surface area contributed by atoms with E-state index in [1.807, 2.05) is 6.92 Å². The van der Waals surface area contributed by atoms with Crippen LogP contribution in [0, 0.1) is 5.92 Å². The molecule has 2 heterocycles. The summed E-state index contributed by atoms with van der Waals surface area (Å²) in [6.45, 7) is 5.43. The van der Waals surface area contributed by atoms with Crippen LogP contribution in [0.2, 0.25) is 0 Å². The van der Waals surface area contributed by atoms with Gasteiger partial charge in [-0.05, 0) is 25.7 Å². The van der Waals surface area contributed by atoms with Crippen LogP contribution in [0.1, 0.15) is 19.8 Å². The lowest BCUT2D eigenvalue weighted by molar-refractivity contribution is 0.126. The number of sulfone groups is 1. The van der Waals surface area contributed by atoms with Crippen LogP contribution in [0.15, 0.2) is 0 Å². The molecule has 0 bridgehead atoms. The first kappa shape index (κ1) is 14.2. The normalized spacial score (nSPS) is 33.1. The minimum absolute atomic E-state index is 0.154. The van der Waals surface area contributed by atoms with E-state index in [9.17, 15) is 8.42 Å². The Kier molecular flexibility index (Phi) is 5.00. The van der Waals surface area contributed by atoms with E-state index in [0.29, 0.717) is 25.5 Å². The predicted molar refractivity (Wildman–Crippen MR) is 69.4 cm³/mol. The van der Waals surface area contributed by atoms with E-state index in [2.05, 4.69) is 5.32 Å². The van der Waals surface area contributed by atoms with Crippen molar-refractivity contribution in [3.05, 3.63) is 0 Å². The molecule has 0 saturated carbocycles. The molecule has 2 aliphatic rings. The fourth-order valence-corrected chi connectivity index (χ4v) is 4.45. The Morgan fingerprint density at radius 1 is 1.28 bits per heavy atom. The summed E-state index contributed by atoms with van der Waals surface area (Å²) in [5.41, 5.74) is 0. The second kappa shape index (κ2) is 6.32. The Bertz CT molecular complexity index is 351. The molecule has 2 aliphatic heterocycles. The van der Waals surface area contributed by atoms with Gasteiger partial charge in [0.05, 0.1) is 23.7 Å². The van der Waals surface area contributed by atoms with Crippen molar-refractivity contribution < 1.29 is 17.9 Å². The average Bonchev–Trinajstić information content (AvgIpc) is 2.95. The van der Waals surface area contributed by atoms with Gasteiger partial charge in [0.2, 0.25) is 0 Å². The van der Waals surface area contributed by atoms with Gasteiger partial charge in [0, 0.05) is 26.3 Å². The van der Waals surface area contributed by atoms with Crippen LogP contribution in [-0.4, -0.2) is 58.4 Å². The molecule has 0 aromatic heterocycles. The van der Waals surface area contributed by atoms with Crippen molar-refractivity contribution in [2.75, 3.05) is 38.7 Å². The van der Waals surface area contributed by atoms with Gasteiger partial charge in [-0.2, -0.15) is 0 Å². The minimum Gasteiger partial charge on any atom is -0.381 e. The van der Waals surface area contributed by atoms with Gasteiger partial charge in [-0.25, -0.2) is 8.42 Å². The molecule has 18 heavy (non-hydrogen) atoms. The molecule has 0 aliphatic carbocycles. The molecule has 0 aromatic carbocycles. The van der Waals surface area contributed by atoms with Crippen LogP contribution < -0.4 is 5.32 Å². The third-order valence-corrected chi connectivity index (χ3v) is 6.10. The molecule has 6 heteroatoms. The third-order valence-electron chi connectivity index (χ3n) is 3.79. The van der Waals surface area contributed by atoms with E-state index >= 15 is 0 Å². The molecule has 0 radical (unpaired) electrons. The fourth-order valence-electron chi connectivity index (χ4n) is 2.60. The molecule has 2 saturated heterocycles. The van der Waals surface area contributed by atoms with Crippen LogP contribution in [0.4, 0.5) is 0 Å². The highest BCUT2D eigenvalue weighted by Crippen LogP contribution is 2.21. The Balaban J connectivity index is 1.68. The van der Waals surface area contributed by atoms with Crippen molar-refractivity contribution in [2.45, 2.75) is 31.1 Å². The maximum absolute atomic E-state index is 12.1. The van der Waals surface area contributed by atoms with Gasteiger partial charge < -0.3 is 14.8 Å². The lowest BCUT2D eigenvalue weighted by Gasteiger charge is -2.15. The van der Waals surface area contributed by atoms with Crippen molar-refractivity contribution >= 4 is 9.84 Å². The van der Waals surface area contributed by atoms with Gasteiger partial charge in [-0.1, -0.05) is 0 Å². The molecule has 0 aromatic rings. The van der Waals surface area contributed by atoms with Crippen molar-refractivity contribution in [3.8, 4) is 0 Å².